The van der Waals surface area contributed by atoms with Crippen LogP contribution in [0, 0.1) is 9.49 Å². The van der Waals surface area contributed by atoms with Crippen molar-refractivity contribution in [2.24, 2.45) is 5.92 Å². The van der Waals surface area contributed by atoms with Crippen LogP contribution in [0.25, 0.3) is 0 Å². The molecule has 0 spiro atoms. The van der Waals surface area contributed by atoms with Crippen molar-refractivity contribution in [1.82, 2.24) is 9.88 Å². The van der Waals surface area contributed by atoms with E-state index in [4.69, 9.17) is 9.47 Å². The predicted molar refractivity (Wildman–Crippen MR) is 103 cm³/mol. The first kappa shape index (κ1) is 22.0. The lowest BCUT2D eigenvalue weighted by atomic mass is 9.93. The second-order valence-electron chi connectivity index (χ2n) is 7.77. The molecule has 1 saturated heterocycles. The molecule has 2 heterocycles. The van der Waals surface area contributed by atoms with Gasteiger partial charge in [0, 0.05) is 22.4 Å². The van der Waals surface area contributed by atoms with Crippen LogP contribution in [0.1, 0.15) is 46.1 Å². The molecule has 1 aliphatic rings. The number of carbonyl (C=O) groups is 1. The molecule has 0 bridgehead atoms. The summed E-state index contributed by atoms with van der Waals surface area (Å²) in [5.74, 6) is 0.521. The van der Waals surface area contributed by atoms with E-state index in [0.717, 1.165) is 19.0 Å². The number of nitrogens with zero attached hydrogens (tertiary/aromatic N) is 2. The minimum atomic E-state index is -4.45. The maximum atomic E-state index is 12.8. The van der Waals surface area contributed by atoms with Crippen LogP contribution >= 0.6 is 22.6 Å². The molecule has 9 heteroatoms. The summed E-state index contributed by atoms with van der Waals surface area (Å²) in [6.45, 7) is 8.21. The van der Waals surface area contributed by atoms with E-state index in [2.05, 4.69) is 11.9 Å². The summed E-state index contributed by atoms with van der Waals surface area (Å²) in [5.41, 5.74) is -1.39. The molecule has 1 aliphatic heterocycles. The number of ether oxygens (including phenoxy) is 2. The lowest BCUT2D eigenvalue weighted by Gasteiger charge is -2.38. The van der Waals surface area contributed by atoms with Crippen molar-refractivity contribution >= 4 is 28.7 Å². The monoisotopic (exact) mass is 500 g/mol. The van der Waals surface area contributed by atoms with E-state index in [1.54, 1.807) is 48.3 Å². The molecule has 1 amide bonds. The van der Waals surface area contributed by atoms with E-state index in [-0.39, 0.29) is 22.1 Å². The van der Waals surface area contributed by atoms with Gasteiger partial charge in [0.15, 0.2) is 0 Å². The van der Waals surface area contributed by atoms with E-state index < -0.39 is 23.4 Å². The second kappa shape index (κ2) is 8.40. The third-order valence-electron chi connectivity index (χ3n) is 4.16. The second-order valence-corrected chi connectivity index (χ2v) is 8.93. The highest BCUT2D eigenvalue weighted by Crippen LogP contribution is 2.33. The Morgan fingerprint density at radius 3 is 2.59 bits per heavy atom. The van der Waals surface area contributed by atoms with Crippen LogP contribution in [-0.4, -0.2) is 40.8 Å². The van der Waals surface area contributed by atoms with Crippen molar-refractivity contribution in [3.05, 3.63) is 21.4 Å². The highest BCUT2D eigenvalue weighted by atomic mass is 127. The summed E-state index contributed by atoms with van der Waals surface area (Å²) >= 11 is 1.61. The molecule has 0 aromatic carbocycles. The largest absolute Gasteiger partial charge is 0.475 e. The zero-order valence-corrected chi connectivity index (χ0v) is 17.9. The zero-order chi connectivity index (χ0) is 20.4. The maximum absolute atomic E-state index is 12.8. The van der Waals surface area contributed by atoms with Crippen LogP contribution in [0.15, 0.2) is 12.3 Å². The van der Waals surface area contributed by atoms with Gasteiger partial charge in [-0.1, -0.05) is 6.92 Å². The molecule has 5 nitrogen and oxygen atoms in total. The molecule has 2 rings (SSSR count). The van der Waals surface area contributed by atoms with Gasteiger partial charge >= 0.3 is 12.3 Å². The van der Waals surface area contributed by atoms with Gasteiger partial charge in [-0.15, -0.1) is 0 Å². The SMILES string of the molecule is C[C@@H]1CCN(C(=O)OC(C)(C)C)[C@H](COc2cc(I)c(C(F)(F)F)cn2)C1. The lowest BCUT2D eigenvalue weighted by molar-refractivity contribution is -0.138. The fourth-order valence-corrected chi connectivity index (χ4v) is 3.56. The average Bonchev–Trinajstić information content (AvgIpc) is 2.50. The molecule has 0 N–H and O–H groups in total. The quantitative estimate of drug-likeness (QED) is 0.541. The van der Waals surface area contributed by atoms with Crippen molar-refractivity contribution in [3.63, 3.8) is 0 Å². The number of aromatic nitrogens is 1. The number of alkyl halides is 3. The minimum Gasteiger partial charge on any atom is -0.475 e. The third-order valence-corrected chi connectivity index (χ3v) is 5.06. The van der Waals surface area contributed by atoms with Crippen LogP contribution < -0.4 is 4.74 Å². The van der Waals surface area contributed by atoms with Crippen molar-refractivity contribution in [2.75, 3.05) is 13.2 Å². The topological polar surface area (TPSA) is 51.7 Å². The molecule has 27 heavy (non-hydrogen) atoms. The molecule has 0 saturated carbocycles. The molecule has 0 unspecified atom stereocenters. The molecule has 2 atom stereocenters. The number of piperidine rings is 1. The molecule has 1 aromatic heterocycles. The first-order chi connectivity index (χ1) is 12.4. The van der Waals surface area contributed by atoms with Gasteiger partial charge in [0.1, 0.15) is 12.2 Å². The molecule has 1 fully saturated rings. The summed E-state index contributed by atoms with van der Waals surface area (Å²) in [6.07, 6.45) is -2.48. The number of carbonyl (C=O) groups excluding carboxylic acids is 1. The minimum absolute atomic E-state index is 0.0195. The third kappa shape index (κ3) is 6.39. The van der Waals surface area contributed by atoms with Crippen molar-refractivity contribution in [1.29, 1.82) is 0 Å². The number of amides is 1. The average molecular weight is 500 g/mol. The Labute approximate surface area is 170 Å². The Balaban J connectivity index is 2.07. The summed E-state index contributed by atoms with van der Waals surface area (Å²) in [4.78, 5) is 17.9. The molecule has 0 radical (unpaired) electrons. The Kier molecular flexibility index (Phi) is 6.86. The smallest absolute Gasteiger partial charge is 0.418 e. The van der Waals surface area contributed by atoms with E-state index in [1.807, 2.05) is 0 Å². The van der Waals surface area contributed by atoms with Crippen molar-refractivity contribution < 1.29 is 27.4 Å². The van der Waals surface area contributed by atoms with Crippen molar-refractivity contribution in [3.8, 4) is 5.88 Å². The van der Waals surface area contributed by atoms with Crippen LogP contribution in [0.5, 0.6) is 5.88 Å². The summed E-state index contributed by atoms with van der Waals surface area (Å²) < 4.78 is 49.6. The van der Waals surface area contributed by atoms with Crippen LogP contribution in [0.2, 0.25) is 0 Å². The van der Waals surface area contributed by atoms with Gasteiger partial charge in [0.05, 0.1) is 11.6 Å². The van der Waals surface area contributed by atoms with Gasteiger partial charge in [0.25, 0.3) is 0 Å². The molecule has 152 valence electrons. The number of halogens is 4. The normalized spacial score (nSPS) is 21.1. The maximum Gasteiger partial charge on any atom is 0.418 e. The fourth-order valence-electron chi connectivity index (χ4n) is 2.85. The molecular weight excluding hydrogens is 476 g/mol. The van der Waals surface area contributed by atoms with Crippen LogP contribution in [0.3, 0.4) is 0 Å². The highest BCUT2D eigenvalue weighted by molar-refractivity contribution is 14.1. The first-order valence-electron chi connectivity index (χ1n) is 8.72. The Morgan fingerprint density at radius 1 is 1.37 bits per heavy atom. The fraction of sp³-hybridized carbons (Fsp3) is 0.667. The first-order valence-corrected chi connectivity index (χ1v) is 9.80. The lowest BCUT2D eigenvalue weighted by Crippen LogP contribution is -2.50. The molecule has 1 aromatic rings. The van der Waals surface area contributed by atoms with Crippen LogP contribution in [0.4, 0.5) is 18.0 Å². The van der Waals surface area contributed by atoms with Gasteiger partial charge in [-0.05, 0) is 62.1 Å². The number of rotatable bonds is 3. The van der Waals surface area contributed by atoms with E-state index >= 15 is 0 Å². The summed E-state index contributed by atoms with van der Waals surface area (Å²) in [5, 5.41) is 0. The van der Waals surface area contributed by atoms with Crippen LogP contribution in [-0.2, 0) is 10.9 Å². The predicted octanol–water partition coefficient (Wildman–Crippen LogP) is 5.12. The number of hydrogen-bond donors (Lipinski definition) is 0. The van der Waals surface area contributed by atoms with E-state index in [0.29, 0.717) is 12.5 Å². The molecular formula is C18H24F3IN2O3. The Morgan fingerprint density at radius 2 is 2.04 bits per heavy atom. The summed E-state index contributed by atoms with van der Waals surface area (Å²) in [7, 11) is 0. The van der Waals surface area contributed by atoms with E-state index in [9.17, 15) is 18.0 Å². The van der Waals surface area contributed by atoms with Crippen molar-refractivity contribution in [2.45, 2.75) is 58.4 Å². The van der Waals surface area contributed by atoms with Gasteiger partial charge < -0.3 is 14.4 Å². The number of likely N-dealkylation sites (tertiary alicyclic amines) is 1. The van der Waals surface area contributed by atoms with Gasteiger partial charge in [-0.2, -0.15) is 13.2 Å². The zero-order valence-electron chi connectivity index (χ0n) is 15.8. The van der Waals surface area contributed by atoms with Gasteiger partial charge in [-0.25, -0.2) is 9.78 Å². The summed E-state index contributed by atoms with van der Waals surface area (Å²) in [6, 6.07) is 1.04. The number of hydrogen-bond acceptors (Lipinski definition) is 4. The number of pyridine rings is 1. The highest BCUT2D eigenvalue weighted by Gasteiger charge is 2.35. The van der Waals surface area contributed by atoms with Gasteiger partial charge in [-0.3, -0.25) is 0 Å². The van der Waals surface area contributed by atoms with E-state index in [1.165, 1.54) is 6.07 Å². The standard InChI is InChI=1S/C18H24F3IN2O3/c1-11-5-6-24(16(25)27-17(2,3)4)12(7-11)10-26-15-8-14(22)13(9-23-15)18(19,20)21/h8-9,11-12H,5-7,10H2,1-4H3/t11-,12+/m1/s1. The molecule has 0 aliphatic carbocycles. The van der Waals surface area contributed by atoms with Gasteiger partial charge in [0.2, 0.25) is 5.88 Å². The Bertz CT molecular complexity index is 677. The Hall–Kier alpha value is -1.26.